The zero-order chi connectivity index (χ0) is 22.7. The van der Waals surface area contributed by atoms with Crippen molar-refractivity contribution in [2.75, 3.05) is 6.54 Å². The molecule has 1 fully saturated rings. The van der Waals surface area contributed by atoms with E-state index in [0.717, 1.165) is 34.1 Å². The van der Waals surface area contributed by atoms with Crippen molar-refractivity contribution in [2.24, 2.45) is 0 Å². The minimum Gasteiger partial charge on any atom is -0.435 e. The molecule has 1 aliphatic heterocycles. The molecular formula is C22H18F4N2O3S. The van der Waals surface area contributed by atoms with Gasteiger partial charge in [-0.1, -0.05) is 12.1 Å². The largest absolute Gasteiger partial charge is 0.435 e. The van der Waals surface area contributed by atoms with Crippen LogP contribution in [0.4, 0.5) is 17.6 Å². The van der Waals surface area contributed by atoms with Crippen LogP contribution in [0.2, 0.25) is 0 Å². The minimum atomic E-state index is -3.17. The first-order valence-electron chi connectivity index (χ1n) is 9.78. The number of likely N-dealkylation sites (tertiary alicyclic amines) is 1. The van der Waals surface area contributed by atoms with Crippen LogP contribution in [0.3, 0.4) is 0 Å². The summed E-state index contributed by atoms with van der Waals surface area (Å²) in [6.07, 6.45) is 4.17. The van der Waals surface area contributed by atoms with Gasteiger partial charge in [-0.2, -0.15) is 17.6 Å². The molecule has 32 heavy (non-hydrogen) atoms. The van der Waals surface area contributed by atoms with Gasteiger partial charge in [-0.05, 0) is 43.2 Å². The molecule has 1 amide bonds. The smallest absolute Gasteiger partial charge is 0.387 e. The van der Waals surface area contributed by atoms with E-state index in [2.05, 4.69) is 14.5 Å². The maximum absolute atomic E-state index is 12.9. The summed E-state index contributed by atoms with van der Waals surface area (Å²) in [4.78, 5) is 19.2. The van der Waals surface area contributed by atoms with E-state index in [1.807, 2.05) is 24.3 Å². The Kier molecular flexibility index (Phi) is 6.59. The van der Waals surface area contributed by atoms with Gasteiger partial charge in [0.05, 0.1) is 16.3 Å². The molecular weight excluding hydrogens is 448 g/mol. The van der Waals surface area contributed by atoms with Gasteiger partial charge in [0.1, 0.15) is 16.5 Å². The summed E-state index contributed by atoms with van der Waals surface area (Å²) in [6, 6.07) is 11.0. The van der Waals surface area contributed by atoms with Gasteiger partial charge in [-0.15, -0.1) is 11.3 Å². The number of carbonyl (C=O) groups excluding carboxylic acids is 1. The van der Waals surface area contributed by atoms with Gasteiger partial charge in [-0.25, -0.2) is 4.98 Å². The van der Waals surface area contributed by atoms with E-state index in [-0.39, 0.29) is 29.0 Å². The van der Waals surface area contributed by atoms with Gasteiger partial charge in [-0.3, -0.25) is 4.79 Å². The first-order valence-corrected chi connectivity index (χ1v) is 10.6. The highest BCUT2D eigenvalue weighted by Gasteiger charge is 2.31. The summed E-state index contributed by atoms with van der Waals surface area (Å²) < 4.78 is 60.0. The first kappa shape index (κ1) is 22.1. The zero-order valence-electron chi connectivity index (χ0n) is 16.6. The van der Waals surface area contributed by atoms with Crippen LogP contribution >= 0.6 is 11.3 Å². The van der Waals surface area contributed by atoms with Crippen LogP contribution in [0.25, 0.3) is 16.3 Å². The second-order valence-electron chi connectivity index (χ2n) is 7.00. The second kappa shape index (κ2) is 9.56. The molecule has 0 N–H and O–H groups in total. The number of hydrogen-bond acceptors (Lipinski definition) is 5. The molecule has 1 saturated heterocycles. The number of aromatic nitrogens is 1. The zero-order valence-corrected chi connectivity index (χ0v) is 17.4. The molecule has 168 valence electrons. The maximum Gasteiger partial charge on any atom is 0.387 e. The molecule has 4 rings (SSSR count). The highest BCUT2D eigenvalue weighted by atomic mass is 32.1. The van der Waals surface area contributed by atoms with E-state index >= 15 is 0 Å². The lowest BCUT2D eigenvalue weighted by molar-refractivity contribution is -0.126. The minimum absolute atomic E-state index is 0.135. The molecule has 0 aliphatic carbocycles. The van der Waals surface area contributed by atoms with Crippen molar-refractivity contribution in [3.05, 3.63) is 59.1 Å². The normalized spacial score (nSPS) is 16.6. The Balaban J connectivity index is 1.54. The Labute approximate surface area is 184 Å². The number of nitrogens with zero attached hydrogens (tertiary/aromatic N) is 2. The number of ether oxygens (including phenoxy) is 2. The number of amides is 1. The number of halogens is 4. The van der Waals surface area contributed by atoms with Crippen molar-refractivity contribution >= 4 is 33.5 Å². The fourth-order valence-electron chi connectivity index (χ4n) is 3.60. The predicted molar refractivity (Wildman–Crippen MR) is 112 cm³/mol. The summed E-state index contributed by atoms with van der Waals surface area (Å²) in [5.74, 6) is -0.997. The molecule has 2 aromatic carbocycles. The molecule has 2 heterocycles. The highest BCUT2D eigenvalue weighted by Crippen LogP contribution is 2.37. The van der Waals surface area contributed by atoms with Crippen molar-refractivity contribution < 1.29 is 31.8 Å². The van der Waals surface area contributed by atoms with Crippen LogP contribution in [0.5, 0.6) is 11.5 Å². The number of fused-ring (bicyclic) bond motifs is 1. The SMILES string of the molecule is O=C(/C=C/c1ccc(OC(F)F)cc1OC(F)F)N1CCC[C@H]1c1nc2ccccc2s1. The molecule has 0 spiro atoms. The lowest BCUT2D eigenvalue weighted by atomic mass is 10.1. The summed E-state index contributed by atoms with van der Waals surface area (Å²) in [5, 5.41) is 0.848. The lowest BCUT2D eigenvalue weighted by Gasteiger charge is -2.21. The van der Waals surface area contributed by atoms with Gasteiger partial charge >= 0.3 is 13.2 Å². The summed E-state index contributed by atoms with van der Waals surface area (Å²) >= 11 is 1.54. The van der Waals surface area contributed by atoms with Crippen molar-refractivity contribution in [2.45, 2.75) is 32.1 Å². The maximum atomic E-state index is 12.9. The van der Waals surface area contributed by atoms with Gasteiger partial charge in [0, 0.05) is 24.3 Å². The molecule has 3 aromatic rings. The fraction of sp³-hybridized carbons (Fsp3) is 0.273. The number of carbonyl (C=O) groups is 1. The van der Waals surface area contributed by atoms with E-state index in [0.29, 0.717) is 6.54 Å². The van der Waals surface area contributed by atoms with Gasteiger partial charge in [0.15, 0.2) is 0 Å². The van der Waals surface area contributed by atoms with E-state index in [4.69, 9.17) is 0 Å². The molecule has 0 radical (unpaired) electrons. The van der Waals surface area contributed by atoms with Crippen LogP contribution < -0.4 is 9.47 Å². The Morgan fingerprint density at radius 2 is 1.91 bits per heavy atom. The molecule has 0 bridgehead atoms. The quantitative estimate of drug-likeness (QED) is 0.323. The number of alkyl halides is 4. The Morgan fingerprint density at radius 3 is 2.66 bits per heavy atom. The highest BCUT2D eigenvalue weighted by molar-refractivity contribution is 7.18. The molecule has 1 atom stereocenters. The van der Waals surface area contributed by atoms with Gasteiger partial charge < -0.3 is 14.4 Å². The third kappa shape index (κ3) is 5.01. The molecule has 1 aromatic heterocycles. The third-order valence-electron chi connectivity index (χ3n) is 4.96. The lowest BCUT2D eigenvalue weighted by Crippen LogP contribution is -2.28. The van der Waals surface area contributed by atoms with Gasteiger partial charge in [0.2, 0.25) is 5.91 Å². The number of para-hydroxylation sites is 1. The molecule has 10 heteroatoms. The first-order chi connectivity index (χ1) is 15.4. The van der Waals surface area contributed by atoms with E-state index in [1.165, 1.54) is 35.6 Å². The average Bonchev–Trinajstić information content (AvgIpc) is 3.39. The van der Waals surface area contributed by atoms with Crippen LogP contribution in [0.15, 0.2) is 48.5 Å². The van der Waals surface area contributed by atoms with Crippen LogP contribution in [0, 0.1) is 0 Å². The molecule has 0 unspecified atom stereocenters. The standard InChI is InChI=1S/C22H18F4N2O3S/c23-21(24)30-14-9-7-13(17(12-14)31-22(25)26)8-10-19(29)28-11-3-5-16(28)20-27-15-4-1-2-6-18(15)32-20/h1-2,4,6-10,12,16,21-22H,3,5,11H2/b10-8+/t16-/m0/s1. The van der Waals surface area contributed by atoms with E-state index in [9.17, 15) is 22.4 Å². The van der Waals surface area contributed by atoms with Crippen molar-refractivity contribution in [1.29, 1.82) is 0 Å². The van der Waals surface area contributed by atoms with Crippen molar-refractivity contribution in [1.82, 2.24) is 9.88 Å². The number of thiazole rings is 1. The summed E-state index contributed by atoms with van der Waals surface area (Å²) in [5.41, 5.74) is 1.01. The Morgan fingerprint density at radius 1 is 1.12 bits per heavy atom. The molecule has 5 nitrogen and oxygen atoms in total. The number of hydrogen-bond donors (Lipinski definition) is 0. The fourth-order valence-corrected chi connectivity index (χ4v) is 4.72. The monoisotopic (exact) mass is 466 g/mol. The van der Waals surface area contributed by atoms with E-state index < -0.39 is 13.2 Å². The number of benzene rings is 2. The van der Waals surface area contributed by atoms with Crippen LogP contribution in [-0.2, 0) is 4.79 Å². The Hall–Kier alpha value is -3.14. The number of rotatable bonds is 7. The molecule has 0 saturated carbocycles. The topological polar surface area (TPSA) is 51.7 Å². The predicted octanol–water partition coefficient (Wildman–Crippen LogP) is 5.88. The molecule has 1 aliphatic rings. The summed E-state index contributed by atoms with van der Waals surface area (Å²) in [6.45, 7) is -5.72. The summed E-state index contributed by atoms with van der Waals surface area (Å²) in [7, 11) is 0. The van der Waals surface area contributed by atoms with Gasteiger partial charge in [0.25, 0.3) is 0 Å². The second-order valence-corrected chi connectivity index (χ2v) is 8.06. The average molecular weight is 466 g/mol. The van der Waals surface area contributed by atoms with Crippen molar-refractivity contribution in [3.63, 3.8) is 0 Å². The van der Waals surface area contributed by atoms with Crippen molar-refractivity contribution in [3.8, 4) is 11.5 Å². The van der Waals surface area contributed by atoms with Crippen LogP contribution in [-0.4, -0.2) is 35.6 Å². The Bertz CT molecular complexity index is 1100. The third-order valence-corrected chi connectivity index (χ3v) is 6.10. The van der Waals surface area contributed by atoms with E-state index in [1.54, 1.807) is 4.90 Å². The van der Waals surface area contributed by atoms with Crippen LogP contribution in [0.1, 0.15) is 29.5 Å².